The molecule has 0 spiro atoms. The molecule has 5 aromatic heterocycles. The number of aromatic nitrogens is 9. The maximum absolute atomic E-state index is 4.24. The summed E-state index contributed by atoms with van der Waals surface area (Å²) < 4.78 is 1.86. The highest BCUT2D eigenvalue weighted by Crippen LogP contribution is 2.11. The van der Waals surface area contributed by atoms with Gasteiger partial charge in [0.15, 0.2) is 11.3 Å². The molecule has 0 unspecified atom stereocenters. The van der Waals surface area contributed by atoms with E-state index in [1.165, 1.54) is 23.6 Å². The zero-order valence-electron chi connectivity index (χ0n) is 18.0. The van der Waals surface area contributed by atoms with Gasteiger partial charge in [-0.05, 0) is 31.5 Å². The van der Waals surface area contributed by atoms with E-state index in [-0.39, 0.29) is 0 Å². The molecule has 0 amide bonds. The molecule has 32 heavy (non-hydrogen) atoms. The van der Waals surface area contributed by atoms with E-state index >= 15 is 0 Å². The minimum Gasteiger partial charge on any atom is -0.318 e. The Morgan fingerprint density at radius 2 is 1.62 bits per heavy atom. The Bertz CT molecular complexity index is 1470. The monoisotopic (exact) mass is 423 g/mol. The van der Waals surface area contributed by atoms with E-state index in [2.05, 4.69) is 71.1 Å². The molecule has 6 aromatic rings. The highest BCUT2D eigenvalue weighted by Gasteiger charge is 1.98. The Morgan fingerprint density at radius 1 is 0.750 bits per heavy atom. The van der Waals surface area contributed by atoms with Crippen molar-refractivity contribution in [3.8, 4) is 0 Å². The van der Waals surface area contributed by atoms with Crippen molar-refractivity contribution in [2.45, 2.75) is 13.8 Å². The van der Waals surface area contributed by atoms with Crippen molar-refractivity contribution in [2.24, 2.45) is 7.05 Å². The zero-order valence-corrected chi connectivity index (χ0v) is 18.0. The molecule has 5 heterocycles. The molecule has 9 heteroatoms. The van der Waals surface area contributed by atoms with Crippen LogP contribution in [0.4, 0.5) is 0 Å². The molecule has 6 rings (SSSR count). The molecule has 0 saturated heterocycles. The summed E-state index contributed by atoms with van der Waals surface area (Å²) in [4.78, 5) is 32.2. The van der Waals surface area contributed by atoms with Crippen LogP contribution in [0.2, 0.25) is 0 Å². The van der Waals surface area contributed by atoms with Gasteiger partial charge in [0.2, 0.25) is 0 Å². The Balaban J connectivity index is 0.000000115. The van der Waals surface area contributed by atoms with E-state index < -0.39 is 0 Å². The SMILES string of the molecule is Cc1ccc2cccnc2c1.Cc1ncnc2nccnc12.Cn1cnc2cncnc21. The average Bonchev–Trinajstić information content (AvgIpc) is 3.21. The van der Waals surface area contributed by atoms with E-state index in [4.69, 9.17) is 0 Å². The Labute approximate surface area is 184 Å². The number of imidazole rings is 1. The van der Waals surface area contributed by atoms with Gasteiger partial charge in [0, 0.05) is 31.0 Å². The van der Waals surface area contributed by atoms with E-state index in [0.717, 1.165) is 27.9 Å². The summed E-state index contributed by atoms with van der Waals surface area (Å²) in [5.74, 6) is 0. The third kappa shape index (κ3) is 4.84. The number of fused-ring (bicyclic) bond motifs is 3. The summed E-state index contributed by atoms with van der Waals surface area (Å²) in [5.41, 5.74) is 6.34. The van der Waals surface area contributed by atoms with Crippen molar-refractivity contribution >= 4 is 33.2 Å². The molecule has 0 fully saturated rings. The minimum absolute atomic E-state index is 0.653. The molecule has 0 aliphatic rings. The van der Waals surface area contributed by atoms with Crippen LogP contribution in [0.5, 0.6) is 0 Å². The zero-order chi connectivity index (χ0) is 22.3. The molecule has 0 radical (unpaired) electrons. The molecule has 1 aromatic carbocycles. The van der Waals surface area contributed by atoms with Crippen LogP contribution in [0, 0.1) is 13.8 Å². The predicted octanol–water partition coefficient (Wildman–Crippen LogP) is 3.63. The van der Waals surface area contributed by atoms with Gasteiger partial charge in [0.25, 0.3) is 0 Å². The molecule has 0 bridgehead atoms. The maximum Gasteiger partial charge on any atom is 0.181 e. The van der Waals surface area contributed by atoms with Crippen LogP contribution < -0.4 is 0 Å². The van der Waals surface area contributed by atoms with Crippen molar-refractivity contribution in [1.82, 2.24) is 44.4 Å². The number of rotatable bonds is 0. The third-order valence-electron chi connectivity index (χ3n) is 4.59. The summed E-state index contributed by atoms with van der Waals surface area (Å²) in [5, 5.41) is 1.21. The molecule has 0 atom stereocenters. The molecule has 0 saturated carbocycles. The lowest BCUT2D eigenvalue weighted by atomic mass is 10.1. The van der Waals surface area contributed by atoms with Gasteiger partial charge < -0.3 is 4.57 Å². The van der Waals surface area contributed by atoms with Crippen LogP contribution in [0.25, 0.3) is 33.2 Å². The van der Waals surface area contributed by atoms with Crippen molar-refractivity contribution in [2.75, 3.05) is 0 Å². The first-order valence-electron chi connectivity index (χ1n) is 9.88. The molecule has 158 valence electrons. The summed E-state index contributed by atoms with van der Waals surface area (Å²) in [6.45, 7) is 3.97. The van der Waals surface area contributed by atoms with Gasteiger partial charge in [0.05, 0.1) is 23.7 Å². The number of aryl methyl sites for hydroxylation is 3. The number of pyridine rings is 1. The molecular weight excluding hydrogens is 402 g/mol. The van der Waals surface area contributed by atoms with Gasteiger partial charge in [-0.2, -0.15) is 0 Å². The highest BCUT2D eigenvalue weighted by molar-refractivity contribution is 5.78. The van der Waals surface area contributed by atoms with Gasteiger partial charge >= 0.3 is 0 Å². The Hall–Kier alpha value is -4.40. The van der Waals surface area contributed by atoms with Crippen molar-refractivity contribution < 1.29 is 0 Å². The lowest BCUT2D eigenvalue weighted by molar-refractivity contribution is 0.928. The van der Waals surface area contributed by atoms with Crippen LogP contribution in [0.1, 0.15) is 11.3 Å². The molecule has 0 N–H and O–H groups in total. The average molecular weight is 423 g/mol. The van der Waals surface area contributed by atoms with Crippen LogP contribution in [0.15, 0.2) is 74.1 Å². The molecule has 0 aliphatic carbocycles. The summed E-state index contributed by atoms with van der Waals surface area (Å²) in [7, 11) is 1.91. The normalized spacial score (nSPS) is 10.3. The standard InChI is InChI=1S/C10H9N.C7H6N4.C6H6N4/c1-8-4-5-9-3-2-6-11-10(9)7-8;1-5-6-7(11-4-10-5)9-3-2-8-6;1-10-4-9-5-2-7-3-8-6(5)10/h2-7H,1H3;2-4H,1H3;2-4H,1H3. The summed E-state index contributed by atoms with van der Waals surface area (Å²) in [6.07, 6.45) is 11.5. The summed E-state index contributed by atoms with van der Waals surface area (Å²) in [6, 6.07) is 10.3. The first kappa shape index (κ1) is 20.9. The van der Waals surface area contributed by atoms with E-state index in [1.54, 1.807) is 24.9 Å². The Kier molecular flexibility index (Phi) is 6.26. The first-order chi connectivity index (χ1) is 15.6. The van der Waals surface area contributed by atoms with E-state index in [1.807, 2.05) is 30.8 Å². The fourth-order valence-electron chi connectivity index (χ4n) is 2.97. The highest BCUT2D eigenvalue weighted by atomic mass is 15.1. The first-order valence-corrected chi connectivity index (χ1v) is 9.88. The predicted molar refractivity (Wildman–Crippen MR) is 123 cm³/mol. The largest absolute Gasteiger partial charge is 0.318 e. The number of hydrogen-bond donors (Lipinski definition) is 0. The smallest absolute Gasteiger partial charge is 0.181 e. The second-order valence-corrected chi connectivity index (χ2v) is 6.97. The van der Waals surface area contributed by atoms with E-state index in [9.17, 15) is 0 Å². The lowest BCUT2D eigenvalue weighted by Crippen LogP contribution is -1.91. The quantitative estimate of drug-likeness (QED) is 0.364. The van der Waals surface area contributed by atoms with Crippen molar-refractivity contribution in [3.63, 3.8) is 0 Å². The van der Waals surface area contributed by atoms with Gasteiger partial charge in [0.1, 0.15) is 23.7 Å². The van der Waals surface area contributed by atoms with E-state index in [0.29, 0.717) is 5.65 Å². The minimum atomic E-state index is 0.653. The van der Waals surface area contributed by atoms with Gasteiger partial charge in [-0.3, -0.25) is 4.98 Å². The van der Waals surface area contributed by atoms with Gasteiger partial charge in [-0.15, -0.1) is 0 Å². The van der Waals surface area contributed by atoms with Crippen LogP contribution in [-0.4, -0.2) is 44.4 Å². The topological polar surface area (TPSA) is 108 Å². The maximum atomic E-state index is 4.24. The summed E-state index contributed by atoms with van der Waals surface area (Å²) >= 11 is 0. The lowest BCUT2D eigenvalue weighted by Gasteiger charge is -1.95. The Morgan fingerprint density at radius 3 is 2.47 bits per heavy atom. The fraction of sp³-hybridized carbons (Fsp3) is 0.130. The van der Waals surface area contributed by atoms with Crippen LogP contribution in [0.3, 0.4) is 0 Å². The second kappa shape index (κ2) is 9.61. The number of hydrogen-bond acceptors (Lipinski definition) is 8. The number of benzene rings is 1. The van der Waals surface area contributed by atoms with Gasteiger partial charge in [-0.1, -0.05) is 18.2 Å². The number of nitrogens with zero attached hydrogens (tertiary/aromatic N) is 9. The van der Waals surface area contributed by atoms with Crippen molar-refractivity contribution in [1.29, 1.82) is 0 Å². The molecule has 9 nitrogen and oxygen atoms in total. The fourth-order valence-corrected chi connectivity index (χ4v) is 2.97. The molecular formula is C23H21N9. The van der Waals surface area contributed by atoms with Crippen molar-refractivity contribution in [3.05, 3.63) is 85.4 Å². The van der Waals surface area contributed by atoms with Gasteiger partial charge in [-0.25, -0.2) is 34.9 Å². The third-order valence-corrected chi connectivity index (χ3v) is 4.59. The second-order valence-electron chi connectivity index (χ2n) is 6.97. The van der Waals surface area contributed by atoms with Crippen LogP contribution in [-0.2, 0) is 7.05 Å². The van der Waals surface area contributed by atoms with Crippen LogP contribution >= 0.6 is 0 Å². The molecule has 0 aliphatic heterocycles.